The average molecular weight is 339 g/mol. The van der Waals surface area contributed by atoms with Gasteiger partial charge in [0, 0.05) is 32.7 Å². The molecule has 0 bridgehead atoms. The van der Waals surface area contributed by atoms with E-state index in [9.17, 15) is 4.79 Å². The molecule has 132 valence electrons. The number of carbonyl (C=O) groups is 1. The lowest BCUT2D eigenvalue weighted by molar-refractivity contribution is 0.143. The van der Waals surface area contributed by atoms with E-state index in [1.54, 1.807) is 7.11 Å². The van der Waals surface area contributed by atoms with Gasteiger partial charge in [0.15, 0.2) is 0 Å². The van der Waals surface area contributed by atoms with Crippen molar-refractivity contribution >= 4 is 11.7 Å². The fraction of sp³-hybridized carbons (Fsp3) is 0.350. The molecule has 2 amide bonds. The number of amides is 2. The van der Waals surface area contributed by atoms with Crippen LogP contribution in [0, 0.1) is 6.92 Å². The molecule has 1 saturated heterocycles. The van der Waals surface area contributed by atoms with Gasteiger partial charge in [-0.2, -0.15) is 0 Å². The van der Waals surface area contributed by atoms with E-state index < -0.39 is 0 Å². The van der Waals surface area contributed by atoms with Crippen molar-refractivity contribution in [2.75, 3.05) is 38.6 Å². The van der Waals surface area contributed by atoms with Crippen LogP contribution in [0.4, 0.5) is 10.5 Å². The number of methoxy groups -OCH3 is 1. The first-order chi connectivity index (χ1) is 12.2. The van der Waals surface area contributed by atoms with Gasteiger partial charge < -0.3 is 15.0 Å². The Balaban J connectivity index is 1.53. The van der Waals surface area contributed by atoms with Crippen molar-refractivity contribution in [3.05, 3.63) is 59.7 Å². The number of benzene rings is 2. The van der Waals surface area contributed by atoms with Crippen molar-refractivity contribution in [2.45, 2.75) is 13.5 Å². The summed E-state index contributed by atoms with van der Waals surface area (Å²) < 4.78 is 5.36. The maximum Gasteiger partial charge on any atom is 0.322 e. The van der Waals surface area contributed by atoms with E-state index >= 15 is 0 Å². The van der Waals surface area contributed by atoms with Crippen LogP contribution in [0.1, 0.15) is 11.1 Å². The minimum atomic E-state index is -0.0680. The zero-order chi connectivity index (χ0) is 17.6. The Kier molecular flexibility index (Phi) is 5.56. The lowest BCUT2D eigenvalue weighted by atomic mass is 10.2. The summed E-state index contributed by atoms with van der Waals surface area (Å²) in [5.74, 6) is 0.691. The van der Waals surface area contributed by atoms with Gasteiger partial charge in [0.1, 0.15) is 5.75 Å². The van der Waals surface area contributed by atoms with Crippen LogP contribution < -0.4 is 10.1 Å². The molecule has 0 atom stereocenters. The second-order valence-electron chi connectivity index (χ2n) is 6.38. The Morgan fingerprint density at radius 1 is 1.08 bits per heavy atom. The Labute approximate surface area is 149 Å². The summed E-state index contributed by atoms with van der Waals surface area (Å²) in [6.45, 7) is 6.16. The summed E-state index contributed by atoms with van der Waals surface area (Å²) in [7, 11) is 1.62. The number of nitrogens with one attached hydrogen (secondary N) is 1. The van der Waals surface area contributed by atoms with Crippen molar-refractivity contribution in [1.29, 1.82) is 0 Å². The lowest BCUT2D eigenvalue weighted by Crippen LogP contribution is -2.49. The number of nitrogens with zero attached hydrogens (tertiary/aromatic N) is 2. The summed E-state index contributed by atoms with van der Waals surface area (Å²) in [6.07, 6.45) is 0. The standard InChI is InChI=1S/C20H25N3O2/c1-16-8-9-18(19(14-16)25-2)21-20(24)23-12-10-22(11-13-23)15-17-6-4-3-5-7-17/h3-9,14H,10-13,15H2,1-2H3,(H,21,24). The van der Waals surface area contributed by atoms with Gasteiger partial charge >= 0.3 is 6.03 Å². The van der Waals surface area contributed by atoms with Gasteiger partial charge in [-0.3, -0.25) is 4.90 Å². The molecule has 0 spiro atoms. The van der Waals surface area contributed by atoms with Crippen molar-refractivity contribution < 1.29 is 9.53 Å². The van der Waals surface area contributed by atoms with Crippen molar-refractivity contribution in [2.24, 2.45) is 0 Å². The smallest absolute Gasteiger partial charge is 0.322 e. The molecule has 3 rings (SSSR count). The third kappa shape index (κ3) is 4.51. The van der Waals surface area contributed by atoms with Gasteiger partial charge in [-0.25, -0.2) is 4.79 Å². The number of aryl methyl sites for hydroxylation is 1. The van der Waals surface area contributed by atoms with E-state index in [4.69, 9.17) is 4.74 Å². The second kappa shape index (κ2) is 8.03. The number of hydrogen-bond acceptors (Lipinski definition) is 3. The monoisotopic (exact) mass is 339 g/mol. The van der Waals surface area contributed by atoms with E-state index in [0.717, 1.165) is 38.3 Å². The normalized spacial score (nSPS) is 15.0. The van der Waals surface area contributed by atoms with Crippen LogP contribution in [0.3, 0.4) is 0 Å². The Bertz CT molecular complexity index is 710. The van der Waals surface area contributed by atoms with Crippen molar-refractivity contribution in [3.8, 4) is 5.75 Å². The number of ether oxygens (including phenoxy) is 1. The predicted octanol–water partition coefficient (Wildman–Crippen LogP) is 3.35. The topological polar surface area (TPSA) is 44.8 Å². The van der Waals surface area contributed by atoms with Crippen LogP contribution in [0.25, 0.3) is 0 Å². The highest BCUT2D eigenvalue weighted by Crippen LogP contribution is 2.25. The molecule has 1 fully saturated rings. The molecule has 0 saturated carbocycles. The third-order valence-electron chi connectivity index (χ3n) is 4.51. The Hall–Kier alpha value is -2.53. The molecule has 1 aliphatic rings. The number of urea groups is 1. The molecule has 2 aromatic rings. The second-order valence-corrected chi connectivity index (χ2v) is 6.38. The van der Waals surface area contributed by atoms with Gasteiger partial charge in [0.25, 0.3) is 0 Å². The molecule has 2 aromatic carbocycles. The molecule has 0 aromatic heterocycles. The highest BCUT2D eigenvalue weighted by molar-refractivity contribution is 5.91. The fourth-order valence-corrected chi connectivity index (χ4v) is 3.05. The van der Waals surface area contributed by atoms with Crippen LogP contribution in [0.5, 0.6) is 5.75 Å². The third-order valence-corrected chi connectivity index (χ3v) is 4.51. The predicted molar refractivity (Wildman–Crippen MR) is 100 cm³/mol. The van der Waals surface area contributed by atoms with Crippen LogP contribution in [0.15, 0.2) is 48.5 Å². The summed E-state index contributed by atoms with van der Waals surface area (Å²) in [4.78, 5) is 16.8. The quantitative estimate of drug-likeness (QED) is 0.929. The minimum absolute atomic E-state index is 0.0680. The summed E-state index contributed by atoms with van der Waals surface area (Å²) in [5.41, 5.74) is 3.12. The highest BCUT2D eigenvalue weighted by atomic mass is 16.5. The van der Waals surface area contributed by atoms with Gasteiger partial charge in [0.2, 0.25) is 0 Å². The molecule has 0 unspecified atom stereocenters. The number of piperazine rings is 1. The molecule has 1 heterocycles. The number of carbonyl (C=O) groups excluding carboxylic acids is 1. The minimum Gasteiger partial charge on any atom is -0.495 e. The van der Waals surface area contributed by atoms with E-state index in [2.05, 4.69) is 34.5 Å². The average Bonchev–Trinajstić information content (AvgIpc) is 2.64. The van der Waals surface area contributed by atoms with Crippen LogP contribution in [0.2, 0.25) is 0 Å². The van der Waals surface area contributed by atoms with E-state index in [1.165, 1.54) is 5.56 Å². The van der Waals surface area contributed by atoms with Gasteiger partial charge in [-0.05, 0) is 30.2 Å². The van der Waals surface area contributed by atoms with Crippen LogP contribution in [-0.4, -0.2) is 49.1 Å². The zero-order valence-electron chi connectivity index (χ0n) is 14.9. The molecule has 25 heavy (non-hydrogen) atoms. The first-order valence-corrected chi connectivity index (χ1v) is 8.62. The van der Waals surface area contributed by atoms with Crippen LogP contribution >= 0.6 is 0 Å². The number of anilines is 1. The van der Waals surface area contributed by atoms with E-state index in [0.29, 0.717) is 11.4 Å². The first kappa shape index (κ1) is 17.3. The highest BCUT2D eigenvalue weighted by Gasteiger charge is 2.21. The van der Waals surface area contributed by atoms with Crippen molar-refractivity contribution in [1.82, 2.24) is 9.80 Å². The first-order valence-electron chi connectivity index (χ1n) is 8.62. The molecular formula is C20H25N3O2. The lowest BCUT2D eigenvalue weighted by Gasteiger charge is -2.34. The van der Waals surface area contributed by atoms with Gasteiger partial charge in [-0.15, -0.1) is 0 Å². The molecule has 1 aliphatic heterocycles. The molecule has 1 N–H and O–H groups in total. The zero-order valence-corrected chi connectivity index (χ0v) is 14.9. The van der Waals surface area contributed by atoms with Gasteiger partial charge in [-0.1, -0.05) is 36.4 Å². The van der Waals surface area contributed by atoms with E-state index in [1.807, 2.05) is 36.1 Å². The maximum atomic E-state index is 12.5. The number of hydrogen-bond donors (Lipinski definition) is 1. The SMILES string of the molecule is COc1cc(C)ccc1NC(=O)N1CCN(Cc2ccccc2)CC1. The Morgan fingerprint density at radius 2 is 1.80 bits per heavy atom. The maximum absolute atomic E-state index is 12.5. The van der Waals surface area contributed by atoms with E-state index in [-0.39, 0.29) is 6.03 Å². The van der Waals surface area contributed by atoms with Crippen molar-refractivity contribution in [3.63, 3.8) is 0 Å². The summed E-state index contributed by atoms with van der Waals surface area (Å²) in [6, 6.07) is 16.2. The molecule has 5 nitrogen and oxygen atoms in total. The molecule has 0 radical (unpaired) electrons. The fourth-order valence-electron chi connectivity index (χ4n) is 3.05. The van der Waals surface area contributed by atoms with Gasteiger partial charge in [0.05, 0.1) is 12.8 Å². The number of rotatable bonds is 4. The molecule has 5 heteroatoms. The summed E-state index contributed by atoms with van der Waals surface area (Å²) in [5, 5.41) is 2.97. The largest absolute Gasteiger partial charge is 0.495 e. The Morgan fingerprint density at radius 3 is 2.48 bits per heavy atom. The van der Waals surface area contributed by atoms with Crippen LogP contribution in [-0.2, 0) is 6.54 Å². The summed E-state index contributed by atoms with van der Waals surface area (Å²) >= 11 is 0. The molecule has 0 aliphatic carbocycles. The molecular weight excluding hydrogens is 314 g/mol.